The largest absolute Gasteiger partial charge is 0.277 e. The minimum absolute atomic E-state index is 0.225. The van der Waals surface area contributed by atoms with Gasteiger partial charge in [0.1, 0.15) is 0 Å². The Balaban J connectivity index is 2.77. The zero-order valence-electron chi connectivity index (χ0n) is 12.4. The van der Waals surface area contributed by atoms with Crippen molar-refractivity contribution in [2.45, 2.75) is 32.6 Å². The highest BCUT2D eigenvalue weighted by atomic mass is 16.6. The SMILES string of the molecule is CCCCCC(=O)NNC(=O)c1cc([N+](=O)[O-])cc([N+](=O)[O-])c1. The van der Waals surface area contributed by atoms with Gasteiger partial charge in [-0.25, -0.2) is 0 Å². The van der Waals surface area contributed by atoms with Crippen LogP contribution in [0, 0.1) is 20.2 Å². The van der Waals surface area contributed by atoms with Gasteiger partial charge >= 0.3 is 0 Å². The molecule has 0 unspecified atom stereocenters. The van der Waals surface area contributed by atoms with E-state index in [4.69, 9.17) is 0 Å². The molecule has 124 valence electrons. The van der Waals surface area contributed by atoms with Crippen molar-refractivity contribution in [3.63, 3.8) is 0 Å². The van der Waals surface area contributed by atoms with Crippen LogP contribution in [-0.4, -0.2) is 21.7 Å². The van der Waals surface area contributed by atoms with Gasteiger partial charge in [0.05, 0.1) is 21.5 Å². The molecular weight excluding hydrogens is 308 g/mol. The first kappa shape index (κ1) is 18.0. The van der Waals surface area contributed by atoms with Gasteiger partial charge in [0, 0.05) is 18.6 Å². The van der Waals surface area contributed by atoms with E-state index in [9.17, 15) is 29.8 Å². The Bertz CT molecular complexity index is 599. The van der Waals surface area contributed by atoms with Crippen LogP contribution >= 0.6 is 0 Å². The van der Waals surface area contributed by atoms with Crippen LogP contribution in [0.3, 0.4) is 0 Å². The van der Waals surface area contributed by atoms with Gasteiger partial charge in [0.2, 0.25) is 5.91 Å². The summed E-state index contributed by atoms with van der Waals surface area (Å²) in [5, 5.41) is 21.5. The second-order valence-electron chi connectivity index (χ2n) is 4.71. The number of carbonyl (C=O) groups excluding carboxylic acids is 2. The number of unbranched alkanes of at least 4 members (excludes halogenated alkanes) is 2. The van der Waals surface area contributed by atoms with Crippen LogP contribution in [0.4, 0.5) is 11.4 Å². The fourth-order valence-electron chi connectivity index (χ4n) is 1.73. The normalized spacial score (nSPS) is 9.96. The number of nitro benzene ring substituents is 2. The Morgan fingerprint density at radius 2 is 1.57 bits per heavy atom. The smallest absolute Gasteiger partial charge is 0.273 e. The summed E-state index contributed by atoms with van der Waals surface area (Å²) >= 11 is 0. The van der Waals surface area contributed by atoms with Crippen LogP contribution in [0.25, 0.3) is 0 Å². The molecule has 0 spiro atoms. The highest BCUT2D eigenvalue weighted by Gasteiger charge is 2.20. The van der Waals surface area contributed by atoms with Crippen LogP contribution in [0.5, 0.6) is 0 Å². The van der Waals surface area contributed by atoms with Gasteiger partial charge in [-0.1, -0.05) is 19.8 Å². The van der Waals surface area contributed by atoms with Crippen molar-refractivity contribution in [2.75, 3.05) is 0 Å². The molecule has 2 amide bonds. The van der Waals surface area contributed by atoms with Gasteiger partial charge in [0.15, 0.2) is 0 Å². The molecular formula is C13H16N4O6. The van der Waals surface area contributed by atoms with Crippen molar-refractivity contribution >= 4 is 23.2 Å². The summed E-state index contributed by atoms with van der Waals surface area (Å²) in [5.74, 6) is -1.28. The number of hydrazine groups is 1. The molecule has 0 aliphatic rings. The van der Waals surface area contributed by atoms with Crippen LogP contribution in [0.2, 0.25) is 0 Å². The molecule has 2 N–H and O–H groups in total. The highest BCUT2D eigenvalue weighted by molar-refractivity contribution is 5.96. The molecule has 1 rings (SSSR count). The number of benzene rings is 1. The molecule has 0 heterocycles. The van der Waals surface area contributed by atoms with Crippen LogP contribution < -0.4 is 10.9 Å². The molecule has 0 aliphatic carbocycles. The van der Waals surface area contributed by atoms with Crippen molar-refractivity contribution in [1.82, 2.24) is 10.9 Å². The number of carbonyl (C=O) groups is 2. The summed E-state index contributed by atoms with van der Waals surface area (Å²) in [7, 11) is 0. The molecule has 10 nitrogen and oxygen atoms in total. The molecule has 0 radical (unpaired) electrons. The molecule has 0 saturated carbocycles. The van der Waals surface area contributed by atoms with Gasteiger partial charge in [0.25, 0.3) is 17.3 Å². The summed E-state index contributed by atoms with van der Waals surface area (Å²) in [6, 6.07) is 2.54. The van der Waals surface area contributed by atoms with E-state index in [0.29, 0.717) is 6.42 Å². The molecule has 0 atom stereocenters. The van der Waals surface area contributed by atoms with E-state index in [1.165, 1.54) is 0 Å². The summed E-state index contributed by atoms with van der Waals surface area (Å²) in [6.45, 7) is 1.98. The molecule has 1 aromatic rings. The fourth-order valence-corrected chi connectivity index (χ4v) is 1.73. The fraction of sp³-hybridized carbons (Fsp3) is 0.385. The van der Waals surface area contributed by atoms with Gasteiger partial charge in [-0.05, 0) is 6.42 Å². The quantitative estimate of drug-likeness (QED) is 0.444. The standard InChI is InChI=1S/C13H16N4O6/c1-2-3-4-5-12(18)14-15-13(19)9-6-10(16(20)21)8-11(7-9)17(22)23/h6-8H,2-5H2,1H3,(H,14,18)(H,15,19). The summed E-state index contributed by atoms with van der Waals surface area (Å²) in [5.41, 5.74) is 2.77. The van der Waals surface area contributed by atoms with Gasteiger partial charge < -0.3 is 0 Å². The Hall–Kier alpha value is -3.04. The minimum atomic E-state index is -0.874. The van der Waals surface area contributed by atoms with Crippen molar-refractivity contribution in [3.8, 4) is 0 Å². The van der Waals surface area contributed by atoms with E-state index < -0.39 is 33.0 Å². The lowest BCUT2D eigenvalue weighted by molar-refractivity contribution is -0.394. The maximum Gasteiger partial charge on any atom is 0.277 e. The molecule has 10 heteroatoms. The van der Waals surface area contributed by atoms with E-state index in [0.717, 1.165) is 31.0 Å². The molecule has 23 heavy (non-hydrogen) atoms. The van der Waals surface area contributed by atoms with E-state index in [-0.39, 0.29) is 12.0 Å². The van der Waals surface area contributed by atoms with Gasteiger partial charge in [-0.2, -0.15) is 0 Å². The molecule has 0 bridgehead atoms. The zero-order valence-corrected chi connectivity index (χ0v) is 12.4. The Labute approximate surface area is 131 Å². The molecule has 0 saturated heterocycles. The average molecular weight is 324 g/mol. The number of hydrogen-bond acceptors (Lipinski definition) is 6. The van der Waals surface area contributed by atoms with Crippen molar-refractivity contribution in [2.24, 2.45) is 0 Å². The average Bonchev–Trinajstić information content (AvgIpc) is 2.52. The Kier molecular flexibility index (Phi) is 6.59. The number of nitrogens with one attached hydrogen (secondary N) is 2. The summed E-state index contributed by atoms with van der Waals surface area (Å²) in [6.07, 6.45) is 2.71. The number of non-ortho nitro benzene ring substituents is 2. The lowest BCUT2D eigenvalue weighted by Crippen LogP contribution is -2.41. The second kappa shape index (κ2) is 8.41. The lowest BCUT2D eigenvalue weighted by atomic mass is 10.1. The lowest BCUT2D eigenvalue weighted by Gasteiger charge is -2.07. The van der Waals surface area contributed by atoms with Crippen LogP contribution in [-0.2, 0) is 4.79 Å². The number of nitrogens with zero attached hydrogens (tertiary/aromatic N) is 2. The topological polar surface area (TPSA) is 144 Å². The third-order valence-electron chi connectivity index (χ3n) is 2.91. The number of rotatable bonds is 7. The van der Waals surface area contributed by atoms with Gasteiger partial charge in [-0.15, -0.1) is 0 Å². The van der Waals surface area contributed by atoms with Gasteiger partial charge in [-0.3, -0.25) is 40.7 Å². The van der Waals surface area contributed by atoms with E-state index >= 15 is 0 Å². The second-order valence-corrected chi connectivity index (χ2v) is 4.71. The summed E-state index contributed by atoms with van der Waals surface area (Å²) in [4.78, 5) is 43.1. The molecule has 1 aromatic carbocycles. The first-order valence-electron chi connectivity index (χ1n) is 6.88. The maximum absolute atomic E-state index is 11.9. The predicted octanol–water partition coefficient (Wildman–Crippen LogP) is 1.84. The highest BCUT2D eigenvalue weighted by Crippen LogP contribution is 2.22. The van der Waals surface area contributed by atoms with Crippen molar-refractivity contribution in [1.29, 1.82) is 0 Å². The van der Waals surface area contributed by atoms with Crippen LogP contribution in [0.1, 0.15) is 43.0 Å². The Morgan fingerprint density at radius 1 is 1.00 bits per heavy atom. The molecule has 0 aliphatic heterocycles. The molecule has 0 fully saturated rings. The van der Waals surface area contributed by atoms with E-state index in [2.05, 4.69) is 10.9 Å². The first-order chi connectivity index (χ1) is 10.8. The van der Waals surface area contributed by atoms with Crippen molar-refractivity contribution < 1.29 is 19.4 Å². The first-order valence-corrected chi connectivity index (χ1v) is 6.88. The predicted molar refractivity (Wildman–Crippen MR) is 79.5 cm³/mol. The van der Waals surface area contributed by atoms with E-state index in [1.807, 2.05) is 6.92 Å². The third kappa shape index (κ3) is 5.69. The minimum Gasteiger partial charge on any atom is -0.273 e. The number of nitro groups is 2. The number of hydrogen-bond donors (Lipinski definition) is 2. The third-order valence-corrected chi connectivity index (χ3v) is 2.91. The van der Waals surface area contributed by atoms with E-state index in [1.54, 1.807) is 0 Å². The maximum atomic E-state index is 11.9. The van der Waals surface area contributed by atoms with Crippen molar-refractivity contribution in [3.05, 3.63) is 44.0 Å². The van der Waals surface area contributed by atoms with Crippen LogP contribution in [0.15, 0.2) is 18.2 Å². The number of amides is 2. The molecule has 0 aromatic heterocycles. The summed E-state index contributed by atoms with van der Waals surface area (Å²) < 4.78 is 0. The zero-order chi connectivity index (χ0) is 17.4. The Morgan fingerprint density at radius 3 is 2.04 bits per heavy atom. The monoisotopic (exact) mass is 324 g/mol.